The van der Waals surface area contributed by atoms with E-state index in [0.717, 1.165) is 27.8 Å². The summed E-state index contributed by atoms with van der Waals surface area (Å²) in [7, 11) is 0. The van der Waals surface area contributed by atoms with Gasteiger partial charge in [-0.05, 0) is 39.9 Å². The molecule has 0 bridgehead atoms. The first-order chi connectivity index (χ1) is 23.2. The highest BCUT2D eigenvalue weighted by molar-refractivity contribution is 7.99. The number of hydrogen-bond acceptors (Lipinski definition) is 7. The highest BCUT2D eigenvalue weighted by atomic mass is 32.2. The Morgan fingerprint density at radius 2 is 1.54 bits per heavy atom. The Morgan fingerprint density at radius 3 is 2.23 bits per heavy atom. The lowest BCUT2D eigenvalue weighted by atomic mass is 9.99. The van der Waals surface area contributed by atoms with E-state index in [-0.39, 0.29) is 25.4 Å². The van der Waals surface area contributed by atoms with Gasteiger partial charge in [-0.25, -0.2) is 26.9 Å². The molecule has 4 aromatic carbocycles. The van der Waals surface area contributed by atoms with E-state index in [4.69, 9.17) is 9.47 Å². The van der Waals surface area contributed by atoms with Crippen LogP contribution in [-0.2, 0) is 22.6 Å². The Balaban J connectivity index is 1.20. The minimum atomic E-state index is -2.34. The fourth-order valence-corrected chi connectivity index (χ4v) is 6.06. The molecule has 3 atom stereocenters. The van der Waals surface area contributed by atoms with Crippen LogP contribution < -0.4 is 5.32 Å². The molecule has 248 valence electrons. The highest BCUT2D eigenvalue weighted by Crippen LogP contribution is 2.40. The number of carbonyl (C=O) groups excluding carboxylic acids is 1. The number of amides is 1. The molecule has 48 heavy (non-hydrogen) atoms. The molecule has 1 saturated heterocycles. The van der Waals surface area contributed by atoms with E-state index >= 15 is 0 Å². The Labute approximate surface area is 275 Å². The number of hydrogen-bond donors (Lipinski definition) is 3. The third kappa shape index (κ3) is 7.26. The second kappa shape index (κ2) is 14.6. The number of ether oxygens (including phenoxy) is 2. The zero-order valence-electron chi connectivity index (χ0n) is 24.9. The van der Waals surface area contributed by atoms with Gasteiger partial charge in [-0.1, -0.05) is 72.4 Å². The van der Waals surface area contributed by atoms with Crippen LogP contribution >= 0.6 is 11.8 Å². The maximum atomic E-state index is 14.1. The molecule has 0 saturated carbocycles. The van der Waals surface area contributed by atoms with E-state index in [1.165, 1.54) is 18.1 Å². The van der Waals surface area contributed by atoms with Gasteiger partial charge in [-0.2, -0.15) is 5.10 Å². The molecule has 1 aliphatic heterocycles. The quantitative estimate of drug-likeness (QED) is 0.0635. The number of aromatic nitrogens is 3. The average Bonchev–Trinajstić information content (AvgIpc) is 3.65. The van der Waals surface area contributed by atoms with Crippen molar-refractivity contribution >= 4 is 17.7 Å². The summed E-state index contributed by atoms with van der Waals surface area (Å²) in [6, 6.07) is 21.9. The van der Waals surface area contributed by atoms with E-state index in [2.05, 4.69) is 20.5 Å². The number of nitrogens with one attached hydrogen (secondary N) is 2. The van der Waals surface area contributed by atoms with E-state index in [1.807, 2.05) is 54.6 Å². The standard InChI is InChI=1S/C34H27F5N4O4S/c35-27-26(28(36)30(38)31(39)29(27)37)32(45)40-14-19-3-1-4-21(11-19)22-5-2-6-23(12-22)33-46-24(16-48-34-41-17-42-43-34)13-25(47-33)20-9-7-18(15-44)8-10-20/h1-12,17,24-25,33,44H,13-16H2,(H,40,45)(H,41,42,43). The highest BCUT2D eigenvalue weighted by Gasteiger charge is 2.33. The Kier molecular flexibility index (Phi) is 10.2. The first kappa shape index (κ1) is 33.3. The summed E-state index contributed by atoms with van der Waals surface area (Å²) in [6.07, 6.45) is 0.767. The number of aromatic amines is 1. The van der Waals surface area contributed by atoms with Gasteiger partial charge in [0.2, 0.25) is 5.82 Å². The molecule has 14 heteroatoms. The topological polar surface area (TPSA) is 109 Å². The number of halogens is 5. The summed E-state index contributed by atoms with van der Waals surface area (Å²) in [4.78, 5) is 16.6. The van der Waals surface area contributed by atoms with Gasteiger partial charge in [0.15, 0.2) is 34.7 Å². The lowest BCUT2D eigenvalue weighted by molar-refractivity contribution is -0.245. The van der Waals surface area contributed by atoms with Crippen molar-refractivity contribution in [1.29, 1.82) is 0 Å². The van der Waals surface area contributed by atoms with Gasteiger partial charge in [0.05, 0.1) is 18.8 Å². The minimum absolute atomic E-state index is 0.0698. The molecule has 1 aromatic heterocycles. The zero-order valence-corrected chi connectivity index (χ0v) is 25.7. The number of benzene rings is 4. The molecule has 6 rings (SSSR count). The van der Waals surface area contributed by atoms with Gasteiger partial charge < -0.3 is 19.9 Å². The normalized spacial score (nSPS) is 17.8. The average molecular weight is 683 g/mol. The van der Waals surface area contributed by atoms with Gasteiger partial charge in [0.25, 0.3) is 5.91 Å². The van der Waals surface area contributed by atoms with Crippen molar-refractivity contribution < 1.29 is 41.3 Å². The zero-order chi connectivity index (χ0) is 33.8. The fraction of sp³-hybridized carbons (Fsp3) is 0.206. The maximum absolute atomic E-state index is 14.1. The molecule has 0 aliphatic carbocycles. The molecule has 1 amide bonds. The molecule has 3 N–H and O–H groups in total. The van der Waals surface area contributed by atoms with Gasteiger partial charge >= 0.3 is 0 Å². The fourth-order valence-electron chi connectivity index (χ4n) is 5.26. The van der Waals surface area contributed by atoms with Gasteiger partial charge in [0, 0.05) is 24.3 Å². The molecular formula is C34H27F5N4O4S. The van der Waals surface area contributed by atoms with Crippen LogP contribution in [0.2, 0.25) is 0 Å². The van der Waals surface area contributed by atoms with E-state index in [9.17, 15) is 31.9 Å². The van der Waals surface area contributed by atoms with Crippen LogP contribution in [0.5, 0.6) is 0 Å². The van der Waals surface area contributed by atoms with E-state index < -0.39 is 46.8 Å². The molecular weight excluding hydrogens is 655 g/mol. The second-order valence-corrected chi connectivity index (χ2v) is 11.9. The van der Waals surface area contributed by atoms with Crippen molar-refractivity contribution in [2.75, 3.05) is 5.75 Å². The third-order valence-corrected chi connectivity index (χ3v) is 8.73. The van der Waals surface area contributed by atoms with Crippen LogP contribution in [0.1, 0.15) is 51.4 Å². The largest absolute Gasteiger partial charge is 0.392 e. The van der Waals surface area contributed by atoms with Crippen molar-refractivity contribution in [3.05, 3.63) is 136 Å². The smallest absolute Gasteiger partial charge is 0.257 e. The molecule has 2 heterocycles. The first-order valence-corrected chi connectivity index (χ1v) is 15.7. The van der Waals surface area contributed by atoms with Crippen molar-refractivity contribution in [2.24, 2.45) is 0 Å². The van der Waals surface area contributed by atoms with E-state index in [0.29, 0.717) is 22.9 Å². The summed E-state index contributed by atoms with van der Waals surface area (Å²) in [5, 5.41) is 19.1. The van der Waals surface area contributed by atoms with Gasteiger partial charge in [-0.3, -0.25) is 9.89 Å². The summed E-state index contributed by atoms with van der Waals surface area (Å²) < 4.78 is 81.7. The number of aliphatic hydroxyl groups is 1. The third-order valence-electron chi connectivity index (χ3n) is 7.72. The van der Waals surface area contributed by atoms with Crippen molar-refractivity contribution in [3.63, 3.8) is 0 Å². The lowest BCUT2D eigenvalue weighted by Gasteiger charge is -2.36. The maximum Gasteiger partial charge on any atom is 0.257 e. The number of rotatable bonds is 10. The summed E-state index contributed by atoms with van der Waals surface area (Å²) >= 11 is 1.48. The molecule has 5 aromatic rings. The molecule has 8 nitrogen and oxygen atoms in total. The van der Waals surface area contributed by atoms with Crippen LogP contribution in [0.15, 0.2) is 84.3 Å². The Morgan fingerprint density at radius 1 is 0.854 bits per heavy atom. The number of nitrogens with zero attached hydrogens (tertiary/aromatic N) is 2. The van der Waals surface area contributed by atoms with Crippen LogP contribution in [0.3, 0.4) is 0 Å². The summed E-state index contributed by atoms with van der Waals surface area (Å²) in [5.41, 5.74) is 2.92. The van der Waals surface area contributed by atoms with Gasteiger partial charge in [-0.15, -0.1) is 0 Å². The number of thioether (sulfide) groups is 1. The predicted molar refractivity (Wildman–Crippen MR) is 165 cm³/mol. The second-order valence-electron chi connectivity index (χ2n) is 10.9. The van der Waals surface area contributed by atoms with Crippen LogP contribution in [-0.4, -0.2) is 38.1 Å². The molecule has 1 aliphatic rings. The van der Waals surface area contributed by atoms with Crippen LogP contribution in [0.25, 0.3) is 11.1 Å². The van der Waals surface area contributed by atoms with Crippen LogP contribution in [0.4, 0.5) is 22.0 Å². The molecule has 3 unspecified atom stereocenters. The minimum Gasteiger partial charge on any atom is -0.392 e. The Bertz CT molecular complexity index is 1880. The number of aliphatic hydroxyl groups excluding tert-OH is 1. The van der Waals surface area contributed by atoms with Crippen molar-refractivity contribution in [2.45, 2.75) is 43.2 Å². The predicted octanol–water partition coefficient (Wildman–Crippen LogP) is 6.93. The molecule has 1 fully saturated rings. The monoisotopic (exact) mass is 682 g/mol. The summed E-state index contributed by atoms with van der Waals surface area (Å²) in [5.74, 6) is -12.0. The Hall–Kier alpha value is -4.63. The molecule has 0 spiro atoms. The van der Waals surface area contributed by atoms with E-state index in [1.54, 1.807) is 18.2 Å². The summed E-state index contributed by atoms with van der Waals surface area (Å²) in [6.45, 7) is -0.318. The first-order valence-electron chi connectivity index (χ1n) is 14.7. The molecule has 0 radical (unpaired) electrons. The number of H-pyrrole nitrogens is 1. The number of carbonyl (C=O) groups is 1. The van der Waals surface area contributed by atoms with Crippen molar-refractivity contribution in [3.8, 4) is 11.1 Å². The van der Waals surface area contributed by atoms with Gasteiger partial charge in [0.1, 0.15) is 11.9 Å². The lowest BCUT2D eigenvalue weighted by Crippen LogP contribution is -2.31. The SMILES string of the molecule is O=C(NCc1cccc(-c2cccc(C3OC(CSc4ncn[nH]4)CC(c4ccc(CO)cc4)O3)c2)c1)c1c(F)c(F)c(F)c(F)c1F. The van der Waals surface area contributed by atoms with Crippen LogP contribution in [0, 0.1) is 29.1 Å². The van der Waals surface area contributed by atoms with Crippen molar-refractivity contribution in [1.82, 2.24) is 20.5 Å².